The van der Waals surface area contributed by atoms with E-state index in [1.165, 1.54) is 12.1 Å². The van der Waals surface area contributed by atoms with Gasteiger partial charge in [-0.3, -0.25) is 0 Å². The largest absolute Gasteiger partial charge is 0.486 e. The summed E-state index contributed by atoms with van der Waals surface area (Å²) in [5, 5.41) is 9.49. The number of ether oxygens (including phenoxy) is 3. The first-order valence-corrected chi connectivity index (χ1v) is 14.8. The van der Waals surface area contributed by atoms with Crippen LogP contribution in [0, 0.1) is 11.3 Å². The van der Waals surface area contributed by atoms with Crippen molar-refractivity contribution in [3.8, 4) is 11.8 Å². The lowest BCUT2D eigenvalue weighted by atomic mass is 10.1. The zero-order valence-electron chi connectivity index (χ0n) is 19.7. The molecule has 0 fully saturated rings. The molecule has 4 rings (SSSR count). The van der Waals surface area contributed by atoms with Gasteiger partial charge in [0.15, 0.2) is 0 Å². The minimum Gasteiger partial charge on any atom is -0.486 e. The Labute approximate surface area is 202 Å². The second-order valence-corrected chi connectivity index (χ2v) is 15.0. The number of carbonyl (C=O) groups excluding carboxylic acids is 1. The fourth-order valence-electron chi connectivity index (χ4n) is 3.62. The van der Waals surface area contributed by atoms with Crippen LogP contribution in [-0.4, -0.2) is 43.2 Å². The van der Waals surface area contributed by atoms with Gasteiger partial charge in [0, 0.05) is 32.4 Å². The molecule has 0 atom stereocenters. The Kier molecular flexibility index (Phi) is 7.00. The fourth-order valence-corrected chi connectivity index (χ4v) is 4.38. The van der Waals surface area contributed by atoms with E-state index in [9.17, 15) is 18.8 Å². The number of imidazole rings is 1. The van der Waals surface area contributed by atoms with Gasteiger partial charge in [-0.05, 0) is 18.2 Å². The predicted molar refractivity (Wildman–Crippen MR) is 130 cm³/mol. The lowest BCUT2D eigenvalue weighted by Gasteiger charge is -2.16. The Balaban J connectivity index is 1.76. The number of alkyl halides is 2. The quantitative estimate of drug-likeness (QED) is 0.219. The number of hydrogen-bond donors (Lipinski definition) is 0. The van der Waals surface area contributed by atoms with Gasteiger partial charge in [-0.1, -0.05) is 37.8 Å². The predicted octanol–water partition coefficient (Wildman–Crippen LogP) is 5.53. The van der Waals surface area contributed by atoms with Crippen LogP contribution in [0.4, 0.5) is 8.78 Å². The molecule has 10 heteroatoms. The van der Waals surface area contributed by atoms with Crippen molar-refractivity contribution >= 4 is 36.9 Å². The normalized spacial score (nSPS) is 14.4. The second kappa shape index (κ2) is 9.97. The molecule has 1 aromatic heterocycles. The zero-order valence-corrected chi connectivity index (χ0v) is 20.7. The fraction of sp³-hybridized carbons (Fsp3) is 0.320. The van der Waals surface area contributed by atoms with Crippen LogP contribution in [0.25, 0.3) is 22.9 Å². The first-order valence-electron chi connectivity index (χ1n) is 11.1. The van der Waals surface area contributed by atoms with Crippen molar-refractivity contribution in [2.24, 2.45) is 0 Å². The van der Waals surface area contributed by atoms with Crippen LogP contribution in [-0.2, 0) is 16.2 Å². The molecule has 0 aliphatic carbocycles. The number of fused-ring (bicyclic) bond motifs is 2. The highest BCUT2D eigenvalue weighted by molar-refractivity contribution is 6.76. The Bertz CT molecular complexity index is 1340. The Hall–Kier alpha value is -3.55. The molecule has 0 spiro atoms. The van der Waals surface area contributed by atoms with Crippen LogP contribution in [0.3, 0.4) is 0 Å². The highest BCUT2D eigenvalue weighted by Crippen LogP contribution is 2.33. The number of nitriles is 1. The van der Waals surface area contributed by atoms with E-state index in [0.29, 0.717) is 40.4 Å². The van der Waals surface area contributed by atoms with Crippen molar-refractivity contribution in [2.45, 2.75) is 38.8 Å². The molecule has 35 heavy (non-hydrogen) atoms. The highest BCUT2D eigenvalue weighted by Gasteiger charge is 2.27. The average molecular weight is 498 g/mol. The highest BCUT2D eigenvalue weighted by atomic mass is 28.3. The Morgan fingerprint density at radius 3 is 2.66 bits per heavy atom. The van der Waals surface area contributed by atoms with E-state index in [0.717, 1.165) is 6.04 Å². The van der Waals surface area contributed by atoms with E-state index in [2.05, 4.69) is 24.6 Å². The van der Waals surface area contributed by atoms with Crippen molar-refractivity contribution < 1.29 is 27.8 Å². The molecular weight excluding hydrogens is 472 g/mol. The summed E-state index contributed by atoms with van der Waals surface area (Å²) in [5.41, 5.74) is 2.21. The van der Waals surface area contributed by atoms with Crippen LogP contribution in [0.1, 0.15) is 27.3 Å². The van der Waals surface area contributed by atoms with Gasteiger partial charge in [-0.2, -0.15) is 5.26 Å². The standard InChI is InChI=1S/C25H25F2N3O4Si/c1-35(2,3)9-8-32-15-30-20-11-21(33-14-23(26)27)16(13-28)10-19(20)29-24(30)12-22-17-6-4-5-7-18(17)25(31)34-22/h4-7,10-12,23H,8-9,14-15H2,1-3H3. The minimum absolute atomic E-state index is 0.0420. The maximum Gasteiger partial charge on any atom is 0.344 e. The lowest BCUT2D eigenvalue weighted by Crippen LogP contribution is -2.22. The van der Waals surface area contributed by atoms with Gasteiger partial charge in [0.2, 0.25) is 0 Å². The van der Waals surface area contributed by atoms with Gasteiger partial charge in [-0.25, -0.2) is 18.6 Å². The van der Waals surface area contributed by atoms with Gasteiger partial charge in [0.25, 0.3) is 6.43 Å². The molecular formula is C25H25F2N3O4Si. The maximum atomic E-state index is 12.7. The summed E-state index contributed by atoms with van der Waals surface area (Å²) in [6, 6.07) is 13.0. The third-order valence-electron chi connectivity index (χ3n) is 5.46. The summed E-state index contributed by atoms with van der Waals surface area (Å²) < 4.78 is 43.8. The molecule has 7 nitrogen and oxygen atoms in total. The molecule has 0 radical (unpaired) electrons. The summed E-state index contributed by atoms with van der Waals surface area (Å²) >= 11 is 0. The van der Waals surface area contributed by atoms with Gasteiger partial charge >= 0.3 is 5.97 Å². The number of benzene rings is 2. The number of cyclic esters (lactones) is 1. The molecule has 2 aromatic carbocycles. The first-order chi connectivity index (χ1) is 16.7. The van der Waals surface area contributed by atoms with Crippen LogP contribution < -0.4 is 4.74 Å². The van der Waals surface area contributed by atoms with E-state index in [1.54, 1.807) is 28.8 Å². The summed E-state index contributed by atoms with van der Waals surface area (Å²) in [5.74, 6) is 0.372. The number of carbonyl (C=O) groups is 1. The zero-order chi connectivity index (χ0) is 25.2. The molecule has 0 saturated carbocycles. The van der Waals surface area contributed by atoms with Gasteiger partial charge < -0.3 is 18.8 Å². The van der Waals surface area contributed by atoms with Gasteiger partial charge in [0.1, 0.15) is 36.7 Å². The second-order valence-electron chi connectivity index (χ2n) is 9.34. The SMILES string of the molecule is C[Si](C)(C)CCOCn1c(C=C2OC(=O)c3ccccc32)nc2cc(C#N)c(OCC(F)F)cc21. The molecule has 0 amide bonds. The van der Waals surface area contributed by atoms with E-state index in [4.69, 9.17) is 14.2 Å². The van der Waals surface area contributed by atoms with Crippen LogP contribution >= 0.6 is 0 Å². The Morgan fingerprint density at radius 1 is 1.23 bits per heavy atom. The minimum atomic E-state index is -2.68. The summed E-state index contributed by atoms with van der Waals surface area (Å²) in [4.78, 5) is 16.9. The van der Waals surface area contributed by atoms with Gasteiger partial charge in [-0.15, -0.1) is 0 Å². The number of esters is 1. The van der Waals surface area contributed by atoms with E-state index < -0.39 is 27.1 Å². The molecule has 2 heterocycles. The van der Waals surface area contributed by atoms with E-state index in [-0.39, 0.29) is 18.0 Å². The summed E-state index contributed by atoms with van der Waals surface area (Å²) in [6.45, 7) is 6.61. The smallest absolute Gasteiger partial charge is 0.344 e. The number of hydrogen-bond acceptors (Lipinski definition) is 6. The topological polar surface area (TPSA) is 86.4 Å². The third kappa shape index (κ3) is 5.58. The molecule has 3 aromatic rings. The summed E-state index contributed by atoms with van der Waals surface area (Å²) in [7, 11) is -1.31. The molecule has 1 aliphatic heterocycles. The van der Waals surface area contributed by atoms with Crippen LogP contribution in [0.15, 0.2) is 36.4 Å². The van der Waals surface area contributed by atoms with Crippen molar-refractivity contribution in [1.29, 1.82) is 5.26 Å². The number of nitrogens with zero attached hydrogens (tertiary/aromatic N) is 3. The van der Waals surface area contributed by atoms with Crippen molar-refractivity contribution in [1.82, 2.24) is 9.55 Å². The average Bonchev–Trinajstić information content (AvgIpc) is 3.30. The van der Waals surface area contributed by atoms with Crippen molar-refractivity contribution in [2.75, 3.05) is 13.2 Å². The van der Waals surface area contributed by atoms with Crippen LogP contribution in [0.2, 0.25) is 25.7 Å². The molecule has 182 valence electrons. The van der Waals surface area contributed by atoms with Crippen molar-refractivity contribution in [3.05, 3.63) is 58.9 Å². The monoisotopic (exact) mass is 497 g/mol. The number of aromatic nitrogens is 2. The van der Waals surface area contributed by atoms with Crippen molar-refractivity contribution in [3.63, 3.8) is 0 Å². The molecule has 0 N–H and O–H groups in total. The van der Waals surface area contributed by atoms with E-state index in [1.807, 2.05) is 12.1 Å². The molecule has 1 aliphatic rings. The van der Waals surface area contributed by atoms with Crippen LogP contribution in [0.5, 0.6) is 5.75 Å². The Morgan fingerprint density at radius 2 is 1.97 bits per heavy atom. The number of halogens is 2. The lowest BCUT2D eigenvalue weighted by molar-refractivity contribution is 0.0716. The first kappa shape index (κ1) is 24.6. The van der Waals surface area contributed by atoms with Gasteiger partial charge in [0.05, 0.1) is 22.2 Å². The molecule has 0 unspecified atom stereocenters. The summed E-state index contributed by atoms with van der Waals surface area (Å²) in [6.07, 6.45) is -1.04. The molecule has 0 saturated heterocycles. The van der Waals surface area contributed by atoms with E-state index >= 15 is 0 Å². The molecule has 0 bridgehead atoms. The third-order valence-corrected chi connectivity index (χ3v) is 7.16. The maximum absolute atomic E-state index is 12.7. The number of rotatable bonds is 9.